The molecule has 0 radical (unpaired) electrons. The molecule has 0 saturated heterocycles. The molecule has 0 atom stereocenters. The lowest BCUT2D eigenvalue weighted by Crippen LogP contribution is -2.08. The van der Waals surface area contributed by atoms with Gasteiger partial charge in [0.1, 0.15) is 11.5 Å². The van der Waals surface area contributed by atoms with Crippen molar-refractivity contribution in [2.45, 2.75) is 13.3 Å². The number of carbonyl (C=O) groups is 1. The topological polar surface area (TPSA) is 86.5 Å². The number of ketones is 1. The molecule has 0 bridgehead atoms. The SMILES string of the molecule is Cc1nccc(C(=O)Cc2nnn(C)n2)n1. The molecule has 0 aliphatic heterocycles. The first-order valence-electron chi connectivity index (χ1n) is 4.71. The summed E-state index contributed by atoms with van der Waals surface area (Å²) in [4.78, 5) is 21.0. The number of rotatable bonds is 3. The second-order valence-corrected chi connectivity index (χ2v) is 3.28. The maximum Gasteiger partial charge on any atom is 0.189 e. The van der Waals surface area contributed by atoms with E-state index in [1.807, 2.05) is 0 Å². The number of carbonyl (C=O) groups excluding carboxylic acids is 1. The predicted octanol–water partition coefficient (Wildman–Crippen LogP) is -0.266. The van der Waals surface area contributed by atoms with Crippen molar-refractivity contribution >= 4 is 5.78 Å². The highest BCUT2D eigenvalue weighted by Crippen LogP contribution is 2.00. The summed E-state index contributed by atoms with van der Waals surface area (Å²) in [7, 11) is 1.65. The Morgan fingerprint density at radius 1 is 1.50 bits per heavy atom. The molecular formula is C9H10N6O. The zero-order valence-electron chi connectivity index (χ0n) is 8.95. The van der Waals surface area contributed by atoms with Crippen molar-refractivity contribution in [1.29, 1.82) is 0 Å². The molecule has 0 aromatic carbocycles. The number of Topliss-reactive ketones (excluding diaryl/α,β-unsaturated/α-hetero) is 1. The van der Waals surface area contributed by atoms with E-state index in [2.05, 4.69) is 25.4 Å². The summed E-state index contributed by atoms with van der Waals surface area (Å²) in [5, 5.41) is 11.3. The lowest BCUT2D eigenvalue weighted by molar-refractivity contribution is 0.0985. The molecule has 7 heteroatoms. The molecular weight excluding hydrogens is 208 g/mol. The van der Waals surface area contributed by atoms with Crippen molar-refractivity contribution in [2.24, 2.45) is 7.05 Å². The summed E-state index contributed by atoms with van der Waals surface area (Å²) in [5.41, 5.74) is 0.375. The summed E-state index contributed by atoms with van der Waals surface area (Å²) in [6.45, 7) is 1.73. The fraction of sp³-hybridized carbons (Fsp3) is 0.333. The van der Waals surface area contributed by atoms with E-state index in [1.54, 1.807) is 26.2 Å². The molecule has 82 valence electrons. The van der Waals surface area contributed by atoms with Crippen LogP contribution < -0.4 is 0 Å². The van der Waals surface area contributed by atoms with Crippen molar-refractivity contribution < 1.29 is 4.79 Å². The first-order chi connectivity index (χ1) is 7.65. The summed E-state index contributed by atoms with van der Waals surface area (Å²) in [5.74, 6) is 0.820. The Hall–Kier alpha value is -2.18. The highest BCUT2D eigenvalue weighted by molar-refractivity contribution is 5.95. The Labute approximate surface area is 91.5 Å². The van der Waals surface area contributed by atoms with Crippen LogP contribution in [0.25, 0.3) is 0 Å². The largest absolute Gasteiger partial charge is 0.292 e. The number of hydrogen-bond donors (Lipinski definition) is 0. The second-order valence-electron chi connectivity index (χ2n) is 3.28. The van der Waals surface area contributed by atoms with Gasteiger partial charge in [-0.1, -0.05) is 0 Å². The monoisotopic (exact) mass is 218 g/mol. The third kappa shape index (κ3) is 2.25. The molecule has 2 aromatic rings. The maximum absolute atomic E-state index is 11.8. The van der Waals surface area contributed by atoms with Crippen LogP contribution in [0.15, 0.2) is 12.3 Å². The molecule has 2 rings (SSSR count). The van der Waals surface area contributed by atoms with Gasteiger partial charge in [0.05, 0.1) is 13.5 Å². The van der Waals surface area contributed by atoms with Gasteiger partial charge in [0, 0.05) is 6.20 Å². The summed E-state index contributed by atoms with van der Waals surface area (Å²) < 4.78 is 0. The molecule has 0 spiro atoms. The number of hydrogen-bond acceptors (Lipinski definition) is 6. The van der Waals surface area contributed by atoms with Crippen LogP contribution in [0.3, 0.4) is 0 Å². The normalized spacial score (nSPS) is 10.4. The van der Waals surface area contributed by atoms with Crippen LogP contribution in [-0.4, -0.2) is 36.0 Å². The molecule has 0 fully saturated rings. The van der Waals surface area contributed by atoms with E-state index in [9.17, 15) is 4.79 Å². The van der Waals surface area contributed by atoms with Crippen molar-refractivity contribution in [3.63, 3.8) is 0 Å². The van der Waals surface area contributed by atoms with Gasteiger partial charge in [-0.2, -0.15) is 4.80 Å². The van der Waals surface area contributed by atoms with Crippen molar-refractivity contribution in [3.05, 3.63) is 29.6 Å². The Morgan fingerprint density at radius 3 is 2.94 bits per heavy atom. The van der Waals surface area contributed by atoms with Gasteiger partial charge in [-0.15, -0.1) is 10.2 Å². The molecule has 16 heavy (non-hydrogen) atoms. The second kappa shape index (κ2) is 4.13. The van der Waals surface area contributed by atoms with E-state index in [0.717, 1.165) is 0 Å². The van der Waals surface area contributed by atoms with Crippen LogP contribution in [0.1, 0.15) is 22.1 Å². The Morgan fingerprint density at radius 2 is 2.31 bits per heavy atom. The van der Waals surface area contributed by atoms with E-state index in [4.69, 9.17) is 0 Å². The smallest absolute Gasteiger partial charge is 0.189 e. The van der Waals surface area contributed by atoms with Gasteiger partial charge >= 0.3 is 0 Å². The summed E-state index contributed by atoms with van der Waals surface area (Å²) in [6, 6.07) is 1.58. The minimum absolute atomic E-state index is 0.101. The van der Waals surface area contributed by atoms with Crippen LogP contribution >= 0.6 is 0 Å². The predicted molar refractivity (Wildman–Crippen MR) is 53.6 cm³/mol. The molecule has 7 nitrogen and oxygen atoms in total. The number of tetrazole rings is 1. The molecule has 2 aromatic heterocycles. The average molecular weight is 218 g/mol. The van der Waals surface area contributed by atoms with Crippen LogP contribution in [0.5, 0.6) is 0 Å². The first-order valence-corrected chi connectivity index (χ1v) is 4.71. The third-order valence-corrected chi connectivity index (χ3v) is 1.93. The van der Waals surface area contributed by atoms with Crippen molar-refractivity contribution in [3.8, 4) is 0 Å². The third-order valence-electron chi connectivity index (χ3n) is 1.93. The molecule has 0 aliphatic carbocycles. The zero-order valence-corrected chi connectivity index (χ0v) is 8.95. The van der Waals surface area contributed by atoms with E-state index in [0.29, 0.717) is 17.3 Å². The molecule has 0 unspecified atom stereocenters. The zero-order chi connectivity index (χ0) is 11.5. The number of nitrogens with zero attached hydrogens (tertiary/aromatic N) is 6. The fourth-order valence-electron chi connectivity index (χ4n) is 1.24. The standard InChI is InChI=1S/C9H10N6O/c1-6-10-4-3-7(11-6)8(16)5-9-12-14-15(2)13-9/h3-4H,5H2,1-2H3. The van der Waals surface area contributed by atoms with Crippen LogP contribution in [-0.2, 0) is 13.5 Å². The highest BCUT2D eigenvalue weighted by atomic mass is 16.1. The van der Waals surface area contributed by atoms with Gasteiger partial charge in [0.2, 0.25) is 0 Å². The quantitative estimate of drug-likeness (QED) is 0.659. The minimum atomic E-state index is -0.140. The fourth-order valence-corrected chi connectivity index (χ4v) is 1.24. The van der Waals surface area contributed by atoms with Crippen LogP contribution in [0.4, 0.5) is 0 Å². The van der Waals surface area contributed by atoms with E-state index in [1.165, 1.54) is 4.80 Å². The highest BCUT2D eigenvalue weighted by Gasteiger charge is 2.12. The van der Waals surface area contributed by atoms with Gasteiger partial charge < -0.3 is 0 Å². The summed E-state index contributed by atoms with van der Waals surface area (Å²) >= 11 is 0. The molecule has 0 amide bonds. The van der Waals surface area contributed by atoms with Gasteiger partial charge in [-0.3, -0.25) is 4.79 Å². The number of aryl methyl sites for hydroxylation is 2. The van der Waals surface area contributed by atoms with Gasteiger partial charge in [0.25, 0.3) is 0 Å². The summed E-state index contributed by atoms with van der Waals surface area (Å²) in [6.07, 6.45) is 1.66. The Balaban J connectivity index is 2.14. The van der Waals surface area contributed by atoms with Gasteiger partial charge in [0.15, 0.2) is 11.6 Å². The van der Waals surface area contributed by atoms with E-state index >= 15 is 0 Å². The Bertz CT molecular complexity index is 520. The van der Waals surface area contributed by atoms with Crippen molar-refractivity contribution in [1.82, 2.24) is 30.2 Å². The van der Waals surface area contributed by atoms with Crippen LogP contribution in [0.2, 0.25) is 0 Å². The number of aromatic nitrogens is 6. The molecule has 0 N–H and O–H groups in total. The first kappa shape index (κ1) is 10.3. The molecule has 2 heterocycles. The lowest BCUT2D eigenvalue weighted by Gasteiger charge is -1.97. The van der Waals surface area contributed by atoms with Gasteiger partial charge in [-0.05, 0) is 18.2 Å². The lowest BCUT2D eigenvalue weighted by atomic mass is 10.2. The minimum Gasteiger partial charge on any atom is -0.292 e. The molecule has 0 saturated carbocycles. The van der Waals surface area contributed by atoms with E-state index in [-0.39, 0.29) is 12.2 Å². The van der Waals surface area contributed by atoms with E-state index < -0.39 is 0 Å². The van der Waals surface area contributed by atoms with Gasteiger partial charge in [-0.25, -0.2) is 9.97 Å². The Kier molecular flexibility index (Phi) is 2.67. The average Bonchev–Trinajstić information content (AvgIpc) is 2.64. The molecule has 0 aliphatic rings. The van der Waals surface area contributed by atoms with Crippen molar-refractivity contribution in [2.75, 3.05) is 0 Å². The maximum atomic E-state index is 11.8. The van der Waals surface area contributed by atoms with Crippen LogP contribution in [0, 0.1) is 6.92 Å².